The Bertz CT molecular complexity index is 322. The van der Waals surface area contributed by atoms with E-state index in [9.17, 15) is 5.11 Å². The lowest BCUT2D eigenvalue weighted by Crippen LogP contribution is -2.12. The maximum atomic E-state index is 9.78. The van der Waals surface area contributed by atoms with Crippen molar-refractivity contribution in [2.24, 2.45) is 0 Å². The molecule has 0 saturated heterocycles. The molecule has 0 heterocycles. The first kappa shape index (κ1) is 9.22. The van der Waals surface area contributed by atoms with Crippen LogP contribution in [0.25, 0.3) is 0 Å². The number of rotatable bonds is 0. The fourth-order valence-corrected chi connectivity index (χ4v) is 2.38. The predicted molar refractivity (Wildman–Crippen MR) is 56.8 cm³/mol. The number of halogens is 1. The molecule has 2 heteroatoms. The van der Waals surface area contributed by atoms with Crippen molar-refractivity contribution in [1.82, 2.24) is 0 Å². The highest BCUT2D eigenvalue weighted by atomic mass is 79.9. The molecule has 1 nitrogen and oxygen atoms in total. The van der Waals surface area contributed by atoms with E-state index in [4.69, 9.17) is 0 Å². The molecule has 0 amide bonds. The molecule has 70 valence electrons. The van der Waals surface area contributed by atoms with Gasteiger partial charge in [-0.05, 0) is 42.0 Å². The van der Waals surface area contributed by atoms with Gasteiger partial charge in [-0.15, -0.1) is 0 Å². The van der Waals surface area contributed by atoms with Crippen LogP contribution in [0.1, 0.15) is 42.9 Å². The molecule has 1 aliphatic rings. The van der Waals surface area contributed by atoms with Crippen molar-refractivity contribution in [2.45, 2.75) is 31.8 Å². The maximum Gasteiger partial charge on any atom is 0.0793 e. The van der Waals surface area contributed by atoms with Gasteiger partial charge in [0.05, 0.1) is 6.10 Å². The molecule has 1 unspecified atom stereocenters. The van der Waals surface area contributed by atoms with Crippen molar-refractivity contribution in [2.75, 3.05) is 0 Å². The van der Waals surface area contributed by atoms with Gasteiger partial charge in [-0.2, -0.15) is 0 Å². The van der Waals surface area contributed by atoms with E-state index < -0.39 is 0 Å². The molecule has 2 rings (SSSR count). The van der Waals surface area contributed by atoms with Crippen LogP contribution in [0.3, 0.4) is 0 Å². The molecule has 1 N–H and O–H groups in total. The summed E-state index contributed by atoms with van der Waals surface area (Å²) in [5.41, 5.74) is 2.41. The summed E-state index contributed by atoms with van der Waals surface area (Å²) in [5.74, 6) is 0.589. The van der Waals surface area contributed by atoms with Crippen LogP contribution < -0.4 is 0 Å². The molecule has 0 fully saturated rings. The summed E-state index contributed by atoms with van der Waals surface area (Å²) in [4.78, 5) is 0. The topological polar surface area (TPSA) is 20.2 Å². The van der Waals surface area contributed by atoms with Gasteiger partial charge in [-0.1, -0.05) is 28.9 Å². The van der Waals surface area contributed by atoms with Crippen molar-refractivity contribution in [3.63, 3.8) is 0 Å². The van der Waals surface area contributed by atoms with Crippen molar-refractivity contribution >= 4 is 15.9 Å². The van der Waals surface area contributed by atoms with E-state index >= 15 is 0 Å². The Kier molecular flexibility index (Phi) is 2.43. The van der Waals surface area contributed by atoms with Gasteiger partial charge in [-0.3, -0.25) is 0 Å². The molecule has 1 aromatic carbocycles. The number of hydrogen-bond acceptors (Lipinski definition) is 1. The quantitative estimate of drug-likeness (QED) is 0.738. The van der Waals surface area contributed by atoms with Gasteiger partial charge in [0.15, 0.2) is 0 Å². The lowest BCUT2D eigenvalue weighted by molar-refractivity contribution is 0.151. The van der Waals surface area contributed by atoms with E-state index in [2.05, 4.69) is 28.9 Å². The van der Waals surface area contributed by atoms with Crippen LogP contribution >= 0.6 is 15.9 Å². The predicted octanol–water partition coefficient (Wildman–Crippen LogP) is 3.38. The molecule has 1 aromatic rings. The average Bonchev–Trinajstić information content (AvgIpc) is 2.12. The Morgan fingerprint density at radius 2 is 2.08 bits per heavy atom. The molecule has 2 atom stereocenters. The second kappa shape index (κ2) is 3.43. The Morgan fingerprint density at radius 1 is 1.31 bits per heavy atom. The Hall–Kier alpha value is -0.340. The summed E-state index contributed by atoms with van der Waals surface area (Å²) in [6, 6.07) is 6.20. The second-order valence-corrected chi connectivity index (χ2v) is 4.68. The van der Waals surface area contributed by atoms with Gasteiger partial charge in [0.1, 0.15) is 0 Å². The Labute approximate surface area is 86.9 Å². The van der Waals surface area contributed by atoms with E-state index in [-0.39, 0.29) is 6.10 Å². The maximum absolute atomic E-state index is 9.78. The van der Waals surface area contributed by atoms with Crippen LogP contribution in [0.2, 0.25) is 0 Å². The SMILES string of the molecule is CC1CC[C@H](O)c2cc(Br)ccc21. The zero-order valence-electron chi connectivity index (χ0n) is 7.63. The van der Waals surface area contributed by atoms with Gasteiger partial charge >= 0.3 is 0 Å². The lowest BCUT2D eigenvalue weighted by Gasteiger charge is -2.26. The van der Waals surface area contributed by atoms with Gasteiger partial charge in [0.25, 0.3) is 0 Å². The van der Waals surface area contributed by atoms with E-state index in [0.29, 0.717) is 5.92 Å². The molecule has 0 radical (unpaired) electrons. The van der Waals surface area contributed by atoms with Crippen LogP contribution in [0.15, 0.2) is 22.7 Å². The molecule has 0 aromatic heterocycles. The number of aliphatic hydroxyl groups is 1. The van der Waals surface area contributed by atoms with Gasteiger partial charge < -0.3 is 5.11 Å². The highest BCUT2D eigenvalue weighted by Crippen LogP contribution is 2.38. The van der Waals surface area contributed by atoms with Crippen LogP contribution in [0, 0.1) is 0 Å². The number of hydrogen-bond donors (Lipinski definition) is 1. The first-order chi connectivity index (χ1) is 6.18. The summed E-state index contributed by atoms with van der Waals surface area (Å²) in [5, 5.41) is 9.78. The van der Waals surface area contributed by atoms with Crippen LogP contribution in [0.5, 0.6) is 0 Å². The molecule has 0 spiro atoms. The fourth-order valence-electron chi connectivity index (χ4n) is 2.00. The van der Waals surface area contributed by atoms with Gasteiger partial charge in [-0.25, -0.2) is 0 Å². The minimum absolute atomic E-state index is 0.260. The van der Waals surface area contributed by atoms with Crippen molar-refractivity contribution in [3.05, 3.63) is 33.8 Å². The minimum Gasteiger partial charge on any atom is -0.388 e. The summed E-state index contributed by atoms with van der Waals surface area (Å²) in [7, 11) is 0. The van der Waals surface area contributed by atoms with Crippen LogP contribution in [-0.4, -0.2) is 5.11 Å². The third-order valence-electron chi connectivity index (χ3n) is 2.81. The standard InChI is InChI=1S/C11H13BrO/c1-7-2-5-11(13)10-6-8(12)3-4-9(7)10/h3-4,6-7,11,13H,2,5H2,1H3/t7?,11-/m0/s1. The second-order valence-electron chi connectivity index (χ2n) is 3.77. The molecule has 0 saturated carbocycles. The third-order valence-corrected chi connectivity index (χ3v) is 3.31. The zero-order chi connectivity index (χ0) is 9.42. The normalized spacial score (nSPS) is 27.0. The molecular weight excluding hydrogens is 228 g/mol. The molecule has 1 aliphatic carbocycles. The number of fused-ring (bicyclic) bond motifs is 1. The summed E-state index contributed by atoms with van der Waals surface area (Å²) < 4.78 is 1.06. The summed E-state index contributed by atoms with van der Waals surface area (Å²) in [6.07, 6.45) is 1.73. The average molecular weight is 241 g/mol. The van der Waals surface area contributed by atoms with Crippen molar-refractivity contribution in [1.29, 1.82) is 0 Å². The number of aliphatic hydroxyl groups excluding tert-OH is 1. The first-order valence-electron chi connectivity index (χ1n) is 4.66. The fraction of sp³-hybridized carbons (Fsp3) is 0.455. The summed E-state index contributed by atoms with van der Waals surface area (Å²) >= 11 is 3.43. The highest BCUT2D eigenvalue weighted by molar-refractivity contribution is 9.10. The minimum atomic E-state index is -0.260. The largest absolute Gasteiger partial charge is 0.388 e. The van der Waals surface area contributed by atoms with Crippen molar-refractivity contribution in [3.8, 4) is 0 Å². The smallest absolute Gasteiger partial charge is 0.0793 e. The van der Waals surface area contributed by atoms with E-state index in [1.54, 1.807) is 0 Å². The number of benzene rings is 1. The van der Waals surface area contributed by atoms with E-state index in [0.717, 1.165) is 22.9 Å². The lowest BCUT2D eigenvalue weighted by atomic mass is 9.82. The van der Waals surface area contributed by atoms with Crippen LogP contribution in [-0.2, 0) is 0 Å². The van der Waals surface area contributed by atoms with E-state index in [1.165, 1.54) is 5.56 Å². The van der Waals surface area contributed by atoms with Crippen LogP contribution in [0.4, 0.5) is 0 Å². The molecular formula is C11H13BrO. The monoisotopic (exact) mass is 240 g/mol. The molecule has 0 aliphatic heterocycles. The first-order valence-corrected chi connectivity index (χ1v) is 5.45. The zero-order valence-corrected chi connectivity index (χ0v) is 9.21. The summed E-state index contributed by atoms with van der Waals surface area (Å²) in [6.45, 7) is 2.22. The Morgan fingerprint density at radius 3 is 2.85 bits per heavy atom. The molecule has 0 bridgehead atoms. The van der Waals surface area contributed by atoms with Gasteiger partial charge in [0, 0.05) is 4.47 Å². The highest BCUT2D eigenvalue weighted by Gasteiger charge is 2.22. The van der Waals surface area contributed by atoms with E-state index in [1.807, 2.05) is 12.1 Å². The van der Waals surface area contributed by atoms with Crippen molar-refractivity contribution < 1.29 is 5.11 Å². The molecule has 13 heavy (non-hydrogen) atoms. The Balaban J connectivity index is 2.50. The third kappa shape index (κ3) is 1.65. The van der Waals surface area contributed by atoms with Gasteiger partial charge in [0.2, 0.25) is 0 Å².